The minimum absolute atomic E-state index is 0.129. The normalized spacial score (nSPS) is 11.7. The van der Waals surface area contributed by atoms with E-state index in [1.54, 1.807) is 0 Å². The fourth-order valence-electron chi connectivity index (χ4n) is 2.78. The molecule has 160 valence electrons. The Morgan fingerprint density at radius 1 is 0.767 bits per heavy atom. The average molecular weight is 411 g/mol. The van der Waals surface area contributed by atoms with Crippen molar-refractivity contribution in [3.8, 4) is 5.75 Å². The van der Waals surface area contributed by atoms with E-state index in [2.05, 4.69) is 47.6 Å². The van der Waals surface area contributed by atoms with Crippen LogP contribution in [0.5, 0.6) is 5.75 Å². The van der Waals surface area contributed by atoms with Gasteiger partial charge in [0.1, 0.15) is 5.75 Å². The molecule has 0 N–H and O–H groups in total. The molecule has 0 heterocycles. The quantitative estimate of drug-likeness (QED) is 0.383. The largest absolute Gasteiger partial charge is 0.454 e. The number of hydrogen-bond donors (Lipinski definition) is 0. The zero-order valence-corrected chi connectivity index (χ0v) is 18.8. The van der Waals surface area contributed by atoms with Gasteiger partial charge in [0, 0.05) is 12.5 Å². The van der Waals surface area contributed by atoms with Crippen LogP contribution in [0, 0.1) is 0 Å². The van der Waals surface area contributed by atoms with Crippen LogP contribution in [-0.2, 0) is 20.4 Å². The fraction of sp³-hybridized carbons (Fsp3) is 0.400. The Morgan fingerprint density at radius 2 is 1.27 bits per heavy atom. The van der Waals surface area contributed by atoms with Crippen molar-refractivity contribution in [2.75, 3.05) is 6.61 Å². The van der Waals surface area contributed by atoms with Crippen LogP contribution < -0.4 is 4.74 Å². The van der Waals surface area contributed by atoms with Gasteiger partial charge in [-0.2, -0.15) is 0 Å². The highest BCUT2D eigenvalue weighted by Gasteiger charge is 2.23. The number of ether oxygens (including phenoxy) is 2. The van der Waals surface area contributed by atoms with Gasteiger partial charge in [0.05, 0.1) is 5.56 Å². The topological polar surface area (TPSA) is 69.7 Å². The van der Waals surface area contributed by atoms with Gasteiger partial charge in [-0.3, -0.25) is 9.59 Å². The van der Waals surface area contributed by atoms with Crippen LogP contribution in [0.2, 0.25) is 0 Å². The summed E-state index contributed by atoms with van der Waals surface area (Å²) in [6.45, 7) is 13.5. The lowest BCUT2D eigenvalue weighted by molar-refractivity contribution is -0.131. The SMILES string of the molecule is CC(=O)Oc1ccc(C(=O)COC(=O)c2cc(C(C)(C)C)cc(C(C)(C)C)c2)cc1. The van der Waals surface area contributed by atoms with E-state index >= 15 is 0 Å². The van der Waals surface area contributed by atoms with Gasteiger partial charge in [0.2, 0.25) is 0 Å². The number of carbonyl (C=O) groups is 3. The maximum atomic E-state index is 12.7. The van der Waals surface area contributed by atoms with Crippen molar-refractivity contribution >= 4 is 17.7 Å². The first-order valence-electron chi connectivity index (χ1n) is 9.92. The molecule has 0 bridgehead atoms. The van der Waals surface area contributed by atoms with E-state index in [1.165, 1.54) is 31.2 Å². The number of rotatable bonds is 5. The van der Waals surface area contributed by atoms with Gasteiger partial charge in [0.15, 0.2) is 12.4 Å². The third-order valence-electron chi connectivity index (χ3n) is 4.67. The zero-order chi connectivity index (χ0) is 22.7. The van der Waals surface area contributed by atoms with E-state index < -0.39 is 11.9 Å². The second-order valence-electron chi connectivity index (χ2n) is 9.42. The van der Waals surface area contributed by atoms with Gasteiger partial charge in [0.25, 0.3) is 0 Å². The van der Waals surface area contributed by atoms with Crippen LogP contribution >= 0.6 is 0 Å². The van der Waals surface area contributed by atoms with Gasteiger partial charge < -0.3 is 9.47 Å². The van der Waals surface area contributed by atoms with Crippen molar-refractivity contribution < 1.29 is 23.9 Å². The lowest BCUT2D eigenvalue weighted by Gasteiger charge is -2.25. The second kappa shape index (κ2) is 8.82. The average Bonchev–Trinajstić information content (AvgIpc) is 2.64. The Bertz CT molecular complexity index is 909. The van der Waals surface area contributed by atoms with Crippen LogP contribution in [0.1, 0.15) is 80.3 Å². The second-order valence-corrected chi connectivity index (χ2v) is 9.42. The molecule has 5 heteroatoms. The van der Waals surface area contributed by atoms with Gasteiger partial charge in [-0.25, -0.2) is 4.79 Å². The number of hydrogen-bond acceptors (Lipinski definition) is 5. The molecule has 5 nitrogen and oxygen atoms in total. The molecule has 0 atom stereocenters. The maximum Gasteiger partial charge on any atom is 0.338 e. The van der Waals surface area contributed by atoms with Crippen LogP contribution in [0.15, 0.2) is 42.5 Å². The number of Topliss-reactive ketones (excluding diaryl/α,β-unsaturated/α-hetero) is 1. The molecule has 30 heavy (non-hydrogen) atoms. The number of benzene rings is 2. The first-order valence-corrected chi connectivity index (χ1v) is 9.92. The highest BCUT2D eigenvalue weighted by molar-refractivity contribution is 5.99. The van der Waals surface area contributed by atoms with E-state index in [9.17, 15) is 14.4 Å². The summed E-state index contributed by atoms with van der Waals surface area (Å²) in [5.74, 6) is -0.947. The third-order valence-corrected chi connectivity index (χ3v) is 4.67. The summed E-state index contributed by atoms with van der Waals surface area (Å²) < 4.78 is 10.2. The third kappa shape index (κ3) is 6.28. The monoisotopic (exact) mass is 410 g/mol. The first-order chi connectivity index (χ1) is 13.8. The van der Waals surface area contributed by atoms with Crippen LogP contribution in [0.25, 0.3) is 0 Å². The minimum atomic E-state index is -0.531. The van der Waals surface area contributed by atoms with Crippen LogP contribution in [0.3, 0.4) is 0 Å². The molecule has 0 saturated carbocycles. The van der Waals surface area contributed by atoms with E-state index in [-0.39, 0.29) is 23.2 Å². The Balaban J connectivity index is 2.15. The lowest BCUT2D eigenvalue weighted by atomic mass is 9.79. The Labute approximate surface area is 178 Å². The molecule has 2 aromatic carbocycles. The first kappa shape index (κ1) is 23.3. The molecule has 0 radical (unpaired) electrons. The number of carbonyl (C=O) groups excluding carboxylic acids is 3. The zero-order valence-electron chi connectivity index (χ0n) is 18.8. The van der Waals surface area contributed by atoms with Crippen molar-refractivity contribution in [3.05, 3.63) is 64.7 Å². The summed E-state index contributed by atoms with van der Waals surface area (Å²) in [5.41, 5.74) is 2.62. The molecule has 0 fully saturated rings. The van der Waals surface area contributed by atoms with Crippen molar-refractivity contribution in [1.29, 1.82) is 0 Å². The molecule has 0 aliphatic rings. The standard InChI is InChI=1S/C25H30O5/c1-16(26)30-21-10-8-17(9-11-21)22(27)15-29-23(28)18-12-19(24(2,3)4)14-20(13-18)25(5,6)7/h8-14H,15H2,1-7H3. The molecule has 0 aliphatic carbocycles. The summed E-state index contributed by atoms with van der Waals surface area (Å²) in [6.07, 6.45) is 0. The van der Waals surface area contributed by atoms with Crippen LogP contribution in [-0.4, -0.2) is 24.3 Å². The minimum Gasteiger partial charge on any atom is -0.454 e. The lowest BCUT2D eigenvalue weighted by Crippen LogP contribution is -2.20. The molecule has 0 spiro atoms. The molecule has 0 saturated heterocycles. The van der Waals surface area contributed by atoms with Crippen molar-refractivity contribution in [3.63, 3.8) is 0 Å². The molecule has 2 rings (SSSR count). The van der Waals surface area contributed by atoms with E-state index in [4.69, 9.17) is 9.47 Å². The predicted octanol–water partition coefficient (Wildman–Crippen LogP) is 5.25. The molecule has 0 unspecified atom stereocenters. The summed E-state index contributed by atoms with van der Waals surface area (Å²) >= 11 is 0. The summed E-state index contributed by atoms with van der Waals surface area (Å²) in [7, 11) is 0. The summed E-state index contributed by atoms with van der Waals surface area (Å²) in [6, 6.07) is 11.9. The van der Waals surface area contributed by atoms with E-state index in [0.29, 0.717) is 16.9 Å². The fourth-order valence-corrected chi connectivity index (χ4v) is 2.78. The molecule has 0 aromatic heterocycles. The van der Waals surface area contributed by atoms with Gasteiger partial charge in [-0.1, -0.05) is 47.6 Å². The summed E-state index contributed by atoms with van der Waals surface area (Å²) in [5, 5.41) is 0. The molecular formula is C25H30O5. The molecule has 0 aliphatic heterocycles. The van der Waals surface area contributed by atoms with Crippen molar-refractivity contribution in [2.24, 2.45) is 0 Å². The number of ketones is 1. The Hall–Kier alpha value is -2.95. The predicted molar refractivity (Wildman–Crippen MR) is 116 cm³/mol. The molecule has 2 aromatic rings. The van der Waals surface area contributed by atoms with Crippen LogP contribution in [0.4, 0.5) is 0 Å². The highest BCUT2D eigenvalue weighted by Crippen LogP contribution is 2.30. The van der Waals surface area contributed by atoms with E-state index in [1.807, 2.05) is 12.1 Å². The molecule has 0 amide bonds. The number of esters is 2. The van der Waals surface area contributed by atoms with Crippen molar-refractivity contribution in [1.82, 2.24) is 0 Å². The van der Waals surface area contributed by atoms with Gasteiger partial charge >= 0.3 is 11.9 Å². The summed E-state index contributed by atoms with van der Waals surface area (Å²) in [4.78, 5) is 36.0. The van der Waals surface area contributed by atoms with Gasteiger partial charge in [-0.15, -0.1) is 0 Å². The Kier molecular flexibility index (Phi) is 6.86. The Morgan fingerprint density at radius 3 is 1.70 bits per heavy atom. The van der Waals surface area contributed by atoms with E-state index in [0.717, 1.165) is 11.1 Å². The molecular weight excluding hydrogens is 380 g/mol. The maximum absolute atomic E-state index is 12.7. The highest BCUT2D eigenvalue weighted by atomic mass is 16.5. The van der Waals surface area contributed by atoms with Gasteiger partial charge in [-0.05, 0) is 58.4 Å². The van der Waals surface area contributed by atoms with Crippen molar-refractivity contribution in [2.45, 2.75) is 59.3 Å². The smallest absolute Gasteiger partial charge is 0.338 e.